The first kappa shape index (κ1) is 15.6. The summed E-state index contributed by atoms with van der Waals surface area (Å²) in [7, 11) is 0. The molecule has 1 aliphatic heterocycles. The minimum absolute atomic E-state index is 0.00603. The van der Waals surface area contributed by atoms with Crippen LogP contribution in [-0.2, 0) is 4.74 Å². The van der Waals surface area contributed by atoms with E-state index in [4.69, 9.17) is 19.4 Å². The number of aliphatic hydroxyl groups excluding tert-OH is 1. The Morgan fingerprint density at radius 1 is 1.12 bits per heavy atom. The van der Waals surface area contributed by atoms with Crippen molar-refractivity contribution in [2.45, 2.75) is 63.4 Å². The van der Waals surface area contributed by atoms with Crippen molar-refractivity contribution >= 4 is 11.2 Å². The van der Waals surface area contributed by atoms with Gasteiger partial charge in [-0.15, -0.1) is 4.73 Å². The molecule has 2 aliphatic rings. The second-order valence-corrected chi connectivity index (χ2v) is 6.35. The molecule has 1 aliphatic carbocycles. The maximum atomic E-state index is 9.14. The third-order valence-corrected chi connectivity index (χ3v) is 4.60. The van der Waals surface area contributed by atoms with Gasteiger partial charge in [0.15, 0.2) is 5.52 Å². The molecule has 2 aromatic rings. The van der Waals surface area contributed by atoms with Crippen LogP contribution in [0.25, 0.3) is 11.2 Å². The van der Waals surface area contributed by atoms with Gasteiger partial charge in [-0.3, -0.25) is 0 Å². The quantitative estimate of drug-likeness (QED) is 0.885. The molecule has 24 heavy (non-hydrogen) atoms. The number of imidazole rings is 1. The zero-order chi connectivity index (χ0) is 16.4. The van der Waals surface area contributed by atoms with Crippen LogP contribution in [0.2, 0.25) is 0 Å². The number of aliphatic hydroxyl groups is 1. The summed E-state index contributed by atoms with van der Waals surface area (Å²) < 4.78 is 13.1. The standard InChI is InChI=1S/C16H22N4O4/c21-8-12-6-7-13(22-12)24-20-10-19-14-15(20)17-9-18-16(14)23-11-4-2-1-3-5-11/h9-13,21H,1-8H2/t12-,13+/m0/s1. The minimum Gasteiger partial charge on any atom is -0.473 e. The van der Waals surface area contributed by atoms with E-state index in [0.717, 1.165) is 25.7 Å². The van der Waals surface area contributed by atoms with Gasteiger partial charge in [0, 0.05) is 6.42 Å². The summed E-state index contributed by atoms with van der Waals surface area (Å²) in [6, 6.07) is 0. The van der Waals surface area contributed by atoms with Crippen LogP contribution in [0.15, 0.2) is 12.7 Å². The number of rotatable bonds is 5. The van der Waals surface area contributed by atoms with E-state index in [9.17, 15) is 0 Å². The van der Waals surface area contributed by atoms with E-state index in [0.29, 0.717) is 17.0 Å². The highest BCUT2D eigenvalue weighted by Crippen LogP contribution is 2.26. The molecule has 8 heteroatoms. The molecule has 0 unspecified atom stereocenters. The minimum atomic E-state index is -0.405. The summed E-state index contributed by atoms with van der Waals surface area (Å²) in [5, 5.41) is 9.14. The van der Waals surface area contributed by atoms with Gasteiger partial charge < -0.3 is 19.4 Å². The molecule has 2 atom stereocenters. The number of hydrogen-bond donors (Lipinski definition) is 1. The summed E-state index contributed by atoms with van der Waals surface area (Å²) in [6.45, 7) is 0.00603. The van der Waals surface area contributed by atoms with Crippen molar-refractivity contribution in [1.82, 2.24) is 19.7 Å². The second kappa shape index (κ2) is 6.90. The lowest BCUT2D eigenvalue weighted by Crippen LogP contribution is -2.26. The Morgan fingerprint density at radius 2 is 2.00 bits per heavy atom. The average Bonchev–Trinajstić information content (AvgIpc) is 3.24. The van der Waals surface area contributed by atoms with Gasteiger partial charge in [-0.2, -0.15) is 4.98 Å². The lowest BCUT2D eigenvalue weighted by Gasteiger charge is -2.22. The Bertz CT molecular complexity index is 686. The SMILES string of the molecule is OC[C@@H]1CC[C@@H](On2cnc3c(OC4CCCCC4)ncnc32)O1. The van der Waals surface area contributed by atoms with Gasteiger partial charge in [-0.25, -0.2) is 9.97 Å². The normalized spacial score (nSPS) is 25.2. The first-order valence-corrected chi connectivity index (χ1v) is 8.61. The molecular formula is C16H22N4O4. The predicted octanol–water partition coefficient (Wildman–Crippen LogP) is 1.46. The first-order valence-electron chi connectivity index (χ1n) is 8.61. The Hall–Kier alpha value is -1.93. The van der Waals surface area contributed by atoms with Gasteiger partial charge in [0.05, 0.1) is 12.7 Å². The fourth-order valence-corrected chi connectivity index (χ4v) is 3.31. The number of aromatic nitrogens is 4. The summed E-state index contributed by atoms with van der Waals surface area (Å²) >= 11 is 0. The van der Waals surface area contributed by atoms with Crippen LogP contribution in [0.3, 0.4) is 0 Å². The molecule has 0 radical (unpaired) electrons. The monoisotopic (exact) mass is 334 g/mol. The van der Waals surface area contributed by atoms with Crippen LogP contribution < -0.4 is 9.57 Å². The summed E-state index contributed by atoms with van der Waals surface area (Å²) in [4.78, 5) is 18.6. The molecule has 1 N–H and O–H groups in total. The van der Waals surface area contributed by atoms with Crippen molar-refractivity contribution < 1.29 is 19.4 Å². The maximum Gasteiger partial charge on any atom is 0.245 e. The molecule has 130 valence electrons. The van der Waals surface area contributed by atoms with Crippen LogP contribution in [-0.4, -0.2) is 49.9 Å². The smallest absolute Gasteiger partial charge is 0.245 e. The molecular weight excluding hydrogens is 312 g/mol. The van der Waals surface area contributed by atoms with Crippen LogP contribution in [0.5, 0.6) is 5.88 Å². The Balaban J connectivity index is 1.50. The van der Waals surface area contributed by atoms with E-state index < -0.39 is 6.29 Å². The maximum absolute atomic E-state index is 9.14. The van der Waals surface area contributed by atoms with Gasteiger partial charge in [0.1, 0.15) is 18.8 Å². The lowest BCUT2D eigenvalue weighted by molar-refractivity contribution is -0.140. The Kier molecular flexibility index (Phi) is 4.48. The van der Waals surface area contributed by atoms with Gasteiger partial charge >= 0.3 is 0 Å². The van der Waals surface area contributed by atoms with Gasteiger partial charge in [0.25, 0.3) is 0 Å². The van der Waals surface area contributed by atoms with Gasteiger partial charge in [-0.1, -0.05) is 6.42 Å². The number of ether oxygens (including phenoxy) is 2. The topological polar surface area (TPSA) is 91.5 Å². The highest BCUT2D eigenvalue weighted by Gasteiger charge is 2.27. The van der Waals surface area contributed by atoms with Crippen LogP contribution >= 0.6 is 0 Å². The second-order valence-electron chi connectivity index (χ2n) is 6.35. The van der Waals surface area contributed by atoms with E-state index in [1.165, 1.54) is 30.3 Å². The molecule has 3 heterocycles. The molecule has 0 bridgehead atoms. The van der Waals surface area contributed by atoms with Crippen molar-refractivity contribution in [1.29, 1.82) is 0 Å². The molecule has 0 aromatic carbocycles. The third kappa shape index (κ3) is 3.16. The fraction of sp³-hybridized carbons (Fsp3) is 0.688. The van der Waals surface area contributed by atoms with Crippen LogP contribution in [0.4, 0.5) is 0 Å². The van der Waals surface area contributed by atoms with E-state index in [1.54, 1.807) is 6.33 Å². The Morgan fingerprint density at radius 3 is 2.79 bits per heavy atom. The van der Waals surface area contributed by atoms with Crippen molar-refractivity contribution in [2.75, 3.05) is 6.61 Å². The lowest BCUT2D eigenvalue weighted by atomic mass is 9.98. The summed E-state index contributed by atoms with van der Waals surface area (Å²) in [5.41, 5.74) is 1.16. The first-order chi connectivity index (χ1) is 11.8. The highest BCUT2D eigenvalue weighted by molar-refractivity contribution is 5.75. The number of fused-ring (bicyclic) bond motifs is 1. The molecule has 1 saturated carbocycles. The average molecular weight is 334 g/mol. The zero-order valence-corrected chi connectivity index (χ0v) is 13.5. The summed E-state index contributed by atoms with van der Waals surface area (Å²) in [5.74, 6) is 0.509. The van der Waals surface area contributed by atoms with E-state index >= 15 is 0 Å². The van der Waals surface area contributed by atoms with E-state index in [2.05, 4.69) is 15.0 Å². The summed E-state index contributed by atoms with van der Waals surface area (Å²) in [6.07, 6.45) is 9.94. The third-order valence-electron chi connectivity index (χ3n) is 4.60. The zero-order valence-electron chi connectivity index (χ0n) is 13.5. The molecule has 0 amide bonds. The van der Waals surface area contributed by atoms with Gasteiger partial charge in [0.2, 0.25) is 17.8 Å². The highest BCUT2D eigenvalue weighted by atomic mass is 16.8. The van der Waals surface area contributed by atoms with Crippen molar-refractivity contribution in [3.05, 3.63) is 12.7 Å². The molecule has 1 saturated heterocycles. The van der Waals surface area contributed by atoms with E-state index in [-0.39, 0.29) is 18.8 Å². The molecule has 8 nitrogen and oxygen atoms in total. The largest absolute Gasteiger partial charge is 0.473 e. The molecule has 2 fully saturated rings. The number of nitrogens with zero attached hydrogens (tertiary/aromatic N) is 4. The molecule has 2 aromatic heterocycles. The van der Waals surface area contributed by atoms with Crippen molar-refractivity contribution in [3.63, 3.8) is 0 Å². The van der Waals surface area contributed by atoms with Crippen LogP contribution in [0, 0.1) is 0 Å². The van der Waals surface area contributed by atoms with E-state index in [1.807, 2.05) is 0 Å². The Labute approximate surface area is 139 Å². The number of hydrogen-bond acceptors (Lipinski definition) is 7. The fourth-order valence-electron chi connectivity index (χ4n) is 3.31. The van der Waals surface area contributed by atoms with Crippen molar-refractivity contribution in [3.8, 4) is 5.88 Å². The predicted molar refractivity (Wildman–Crippen MR) is 84.4 cm³/mol. The molecule has 0 spiro atoms. The van der Waals surface area contributed by atoms with Crippen molar-refractivity contribution in [2.24, 2.45) is 0 Å². The molecule has 4 rings (SSSR count). The van der Waals surface area contributed by atoms with Gasteiger partial charge in [-0.05, 0) is 32.1 Å². The van der Waals surface area contributed by atoms with Crippen LogP contribution in [0.1, 0.15) is 44.9 Å².